The average molecular weight is 476 g/mol. The van der Waals surface area contributed by atoms with E-state index in [9.17, 15) is 0 Å². The summed E-state index contributed by atoms with van der Waals surface area (Å²) in [5.74, 6) is 0. The number of aryl methyl sites for hydroxylation is 1. The number of fused-ring (bicyclic) bond motifs is 1. The molecule has 3 heteroatoms. The standard InChI is InChI=1S/C33H37N3/c1-4-18-33(3)19-16-25(17-20-33)21-26-9-6-10-27-14-15-28(11-7-12-29(27)22-26)30-23-34-36-32(30)31-13-5-8-24(2)35-31/h5,7-16,22-23H,4,6,17-21H2,1-3H3,(H,34,36)/b12-7+,15-14-,28-11-. The fraction of sp³-hybridized carbons (Fsp3) is 0.333. The average Bonchev–Trinajstić information content (AvgIpc) is 3.26. The number of pyridine rings is 1. The highest BCUT2D eigenvalue weighted by Gasteiger charge is 2.26. The smallest absolute Gasteiger partial charge is 0.0912 e. The molecule has 3 aliphatic carbocycles. The van der Waals surface area contributed by atoms with E-state index in [1.54, 1.807) is 5.57 Å². The molecule has 0 bridgehead atoms. The number of hydrogen-bond donors (Lipinski definition) is 1. The number of H-pyrrole nitrogens is 1. The summed E-state index contributed by atoms with van der Waals surface area (Å²) < 4.78 is 0. The third kappa shape index (κ3) is 5.51. The Morgan fingerprint density at radius 3 is 2.72 bits per heavy atom. The third-order valence-electron chi connectivity index (χ3n) is 7.70. The van der Waals surface area contributed by atoms with E-state index in [2.05, 4.69) is 78.7 Å². The highest BCUT2D eigenvalue weighted by atomic mass is 15.1. The molecule has 1 N–H and O–H groups in total. The summed E-state index contributed by atoms with van der Waals surface area (Å²) in [7, 11) is 0. The van der Waals surface area contributed by atoms with Crippen LogP contribution in [0.4, 0.5) is 0 Å². The van der Waals surface area contributed by atoms with Crippen LogP contribution in [0.25, 0.3) is 17.0 Å². The molecule has 2 aromatic heterocycles. The Bertz CT molecular complexity index is 1340. The van der Waals surface area contributed by atoms with Gasteiger partial charge in [-0.3, -0.25) is 10.1 Å². The van der Waals surface area contributed by atoms with Gasteiger partial charge in [-0.25, -0.2) is 0 Å². The van der Waals surface area contributed by atoms with Crippen LogP contribution in [0.2, 0.25) is 0 Å². The Morgan fingerprint density at radius 1 is 1.03 bits per heavy atom. The molecule has 0 aliphatic heterocycles. The second kappa shape index (κ2) is 10.7. The van der Waals surface area contributed by atoms with Crippen LogP contribution in [0.3, 0.4) is 0 Å². The maximum atomic E-state index is 4.69. The van der Waals surface area contributed by atoms with Gasteiger partial charge in [0.15, 0.2) is 0 Å². The lowest BCUT2D eigenvalue weighted by Gasteiger charge is -2.33. The van der Waals surface area contributed by atoms with E-state index >= 15 is 0 Å². The van der Waals surface area contributed by atoms with Crippen molar-refractivity contribution in [3.63, 3.8) is 0 Å². The van der Waals surface area contributed by atoms with Gasteiger partial charge in [-0.1, -0.05) is 86.6 Å². The number of nitrogens with zero attached hydrogens (tertiary/aromatic N) is 2. The fourth-order valence-electron chi connectivity index (χ4n) is 5.59. The second-order valence-corrected chi connectivity index (χ2v) is 10.7. The van der Waals surface area contributed by atoms with Crippen LogP contribution >= 0.6 is 0 Å². The number of aromatic nitrogens is 3. The van der Waals surface area contributed by atoms with Crippen LogP contribution in [0, 0.1) is 12.3 Å². The molecular formula is C33H37N3. The van der Waals surface area contributed by atoms with E-state index in [0.717, 1.165) is 41.1 Å². The maximum absolute atomic E-state index is 4.69. The van der Waals surface area contributed by atoms with Gasteiger partial charge in [0.05, 0.1) is 17.6 Å². The number of allylic oxidation sites excluding steroid dienone is 14. The van der Waals surface area contributed by atoms with Crippen molar-refractivity contribution in [2.45, 2.75) is 65.7 Å². The predicted molar refractivity (Wildman–Crippen MR) is 151 cm³/mol. The summed E-state index contributed by atoms with van der Waals surface area (Å²) in [6.07, 6.45) is 31.0. The summed E-state index contributed by atoms with van der Waals surface area (Å²) in [5.41, 5.74) is 11.2. The minimum atomic E-state index is 0.505. The van der Waals surface area contributed by atoms with Gasteiger partial charge in [0.2, 0.25) is 0 Å². The van der Waals surface area contributed by atoms with Crippen molar-refractivity contribution in [3.8, 4) is 11.4 Å². The maximum Gasteiger partial charge on any atom is 0.0912 e. The SMILES string of the molecule is CCCC1(C)CC=C(CC2=CCC=C3\C=C/C(c4cn[nH]c4-c4cccc(C)n4)=C/C=C/C3=C2)CC1. The second-order valence-electron chi connectivity index (χ2n) is 10.7. The van der Waals surface area contributed by atoms with Crippen LogP contribution in [0.15, 0.2) is 101 Å². The Morgan fingerprint density at radius 2 is 1.92 bits per heavy atom. The summed E-state index contributed by atoms with van der Waals surface area (Å²) >= 11 is 0. The lowest BCUT2D eigenvalue weighted by molar-refractivity contribution is 0.260. The molecule has 2 heterocycles. The molecule has 0 radical (unpaired) electrons. The first kappa shape index (κ1) is 24.2. The van der Waals surface area contributed by atoms with Crippen molar-refractivity contribution in [2.24, 2.45) is 5.41 Å². The van der Waals surface area contributed by atoms with Gasteiger partial charge in [0.25, 0.3) is 0 Å². The first-order valence-electron chi connectivity index (χ1n) is 13.4. The molecule has 0 spiro atoms. The molecule has 0 saturated carbocycles. The largest absolute Gasteiger partial charge is 0.276 e. The molecule has 0 aromatic carbocycles. The zero-order chi connectivity index (χ0) is 25.0. The number of nitrogens with one attached hydrogen (secondary N) is 1. The topological polar surface area (TPSA) is 41.6 Å². The molecule has 3 aliphatic rings. The van der Waals surface area contributed by atoms with E-state index in [4.69, 9.17) is 4.98 Å². The van der Waals surface area contributed by atoms with Crippen LogP contribution in [0.5, 0.6) is 0 Å². The highest BCUT2D eigenvalue weighted by Crippen LogP contribution is 2.40. The highest BCUT2D eigenvalue weighted by molar-refractivity contribution is 5.84. The van der Waals surface area contributed by atoms with Gasteiger partial charge in [0.1, 0.15) is 0 Å². The summed E-state index contributed by atoms with van der Waals surface area (Å²) in [5, 5.41) is 7.49. The quantitative estimate of drug-likeness (QED) is 0.424. The van der Waals surface area contributed by atoms with E-state index in [-0.39, 0.29) is 0 Å². The number of rotatable bonds is 6. The first-order valence-corrected chi connectivity index (χ1v) is 13.4. The van der Waals surface area contributed by atoms with Crippen molar-refractivity contribution < 1.29 is 0 Å². The van der Waals surface area contributed by atoms with Gasteiger partial charge in [0, 0.05) is 11.3 Å². The van der Waals surface area contributed by atoms with Crippen LogP contribution < -0.4 is 0 Å². The third-order valence-corrected chi connectivity index (χ3v) is 7.70. The van der Waals surface area contributed by atoms with Crippen molar-refractivity contribution in [1.82, 2.24) is 15.2 Å². The lowest BCUT2D eigenvalue weighted by atomic mass is 9.73. The van der Waals surface area contributed by atoms with Gasteiger partial charge in [-0.15, -0.1) is 0 Å². The van der Waals surface area contributed by atoms with E-state index in [1.807, 2.05) is 31.3 Å². The van der Waals surface area contributed by atoms with E-state index in [0.29, 0.717) is 5.41 Å². The van der Waals surface area contributed by atoms with Crippen molar-refractivity contribution in [1.29, 1.82) is 0 Å². The summed E-state index contributed by atoms with van der Waals surface area (Å²) in [6.45, 7) is 6.78. The fourth-order valence-corrected chi connectivity index (χ4v) is 5.59. The molecule has 0 saturated heterocycles. The molecule has 0 amide bonds. The Kier molecular flexibility index (Phi) is 7.18. The molecule has 1 unspecified atom stereocenters. The van der Waals surface area contributed by atoms with Crippen molar-refractivity contribution in [2.75, 3.05) is 0 Å². The predicted octanol–water partition coefficient (Wildman–Crippen LogP) is 8.78. The summed E-state index contributed by atoms with van der Waals surface area (Å²) in [4.78, 5) is 4.69. The monoisotopic (exact) mass is 475 g/mol. The molecular weight excluding hydrogens is 438 g/mol. The molecule has 5 rings (SSSR count). The molecule has 3 nitrogen and oxygen atoms in total. The van der Waals surface area contributed by atoms with Crippen LogP contribution in [-0.2, 0) is 0 Å². The Balaban J connectivity index is 1.35. The first-order chi connectivity index (χ1) is 17.5. The zero-order valence-electron chi connectivity index (χ0n) is 21.8. The minimum absolute atomic E-state index is 0.505. The van der Waals surface area contributed by atoms with Gasteiger partial charge < -0.3 is 0 Å². The zero-order valence-corrected chi connectivity index (χ0v) is 21.8. The van der Waals surface area contributed by atoms with Gasteiger partial charge in [-0.05, 0) is 85.3 Å². The molecule has 0 fully saturated rings. The van der Waals surface area contributed by atoms with Gasteiger partial charge >= 0.3 is 0 Å². The van der Waals surface area contributed by atoms with Crippen molar-refractivity contribution >= 4 is 5.57 Å². The van der Waals surface area contributed by atoms with Crippen molar-refractivity contribution in [3.05, 3.63) is 113 Å². The summed E-state index contributed by atoms with van der Waals surface area (Å²) in [6, 6.07) is 6.08. The molecule has 36 heavy (non-hydrogen) atoms. The van der Waals surface area contributed by atoms with E-state index in [1.165, 1.54) is 48.8 Å². The molecule has 1 atom stereocenters. The molecule has 2 aromatic rings. The van der Waals surface area contributed by atoms with E-state index < -0.39 is 0 Å². The normalized spacial score (nSPS) is 25.0. The lowest BCUT2D eigenvalue weighted by Crippen LogP contribution is -2.19. The number of aromatic amines is 1. The van der Waals surface area contributed by atoms with Crippen LogP contribution in [0.1, 0.15) is 70.1 Å². The Labute approximate surface area is 215 Å². The van der Waals surface area contributed by atoms with Crippen LogP contribution in [-0.4, -0.2) is 15.2 Å². The molecule has 184 valence electrons. The Hall–Kier alpha value is -3.46. The van der Waals surface area contributed by atoms with Gasteiger partial charge in [-0.2, -0.15) is 5.10 Å². The number of hydrogen-bond acceptors (Lipinski definition) is 2. The minimum Gasteiger partial charge on any atom is -0.276 e.